The summed E-state index contributed by atoms with van der Waals surface area (Å²) in [6.45, 7) is 1.74. The van der Waals surface area contributed by atoms with Crippen molar-refractivity contribution >= 4 is 40.4 Å². The average molecular weight is 398 g/mol. The molecule has 2 aromatic carbocycles. The number of nitrogens with one attached hydrogen (secondary N) is 2. The van der Waals surface area contributed by atoms with Gasteiger partial charge in [0.05, 0.1) is 4.92 Å². The van der Waals surface area contributed by atoms with Crippen LogP contribution in [0.15, 0.2) is 54.9 Å². The molecule has 28 heavy (non-hydrogen) atoms. The van der Waals surface area contributed by atoms with Crippen molar-refractivity contribution in [2.75, 3.05) is 10.6 Å². The second-order valence-electron chi connectivity index (χ2n) is 5.88. The summed E-state index contributed by atoms with van der Waals surface area (Å²) in [5.74, 6) is 0.0469. The molecule has 1 heterocycles. The van der Waals surface area contributed by atoms with Crippen LogP contribution in [-0.4, -0.2) is 20.7 Å². The minimum absolute atomic E-state index is 0.0391. The maximum absolute atomic E-state index is 11.6. The van der Waals surface area contributed by atoms with Crippen molar-refractivity contribution < 1.29 is 9.72 Å². The number of halogens is 1. The highest BCUT2D eigenvalue weighted by molar-refractivity contribution is 6.31. The summed E-state index contributed by atoms with van der Waals surface area (Å²) < 4.78 is 0. The molecular formula is C19H16ClN5O3. The minimum Gasteiger partial charge on any atom is -0.360 e. The first kappa shape index (κ1) is 19.2. The van der Waals surface area contributed by atoms with Crippen LogP contribution >= 0.6 is 11.6 Å². The molecule has 3 rings (SSSR count). The fourth-order valence-electron chi connectivity index (χ4n) is 2.52. The molecule has 0 atom stereocenters. The molecule has 0 amide bonds. The van der Waals surface area contributed by atoms with Gasteiger partial charge in [0.1, 0.15) is 6.33 Å². The predicted octanol–water partition coefficient (Wildman–Crippen LogP) is 4.60. The first-order valence-electron chi connectivity index (χ1n) is 8.30. The zero-order valence-electron chi connectivity index (χ0n) is 14.8. The largest absolute Gasteiger partial charge is 0.360 e. The van der Waals surface area contributed by atoms with Gasteiger partial charge in [-0.3, -0.25) is 14.9 Å². The van der Waals surface area contributed by atoms with Crippen LogP contribution in [0.3, 0.4) is 0 Å². The lowest BCUT2D eigenvalue weighted by atomic mass is 10.1. The van der Waals surface area contributed by atoms with Crippen LogP contribution in [0.1, 0.15) is 22.8 Å². The van der Waals surface area contributed by atoms with E-state index in [9.17, 15) is 14.9 Å². The van der Waals surface area contributed by atoms with Gasteiger partial charge < -0.3 is 10.6 Å². The van der Waals surface area contributed by atoms with Crippen LogP contribution in [0.2, 0.25) is 5.02 Å². The predicted molar refractivity (Wildman–Crippen MR) is 107 cm³/mol. The Morgan fingerprint density at radius 1 is 1.11 bits per heavy atom. The van der Waals surface area contributed by atoms with E-state index >= 15 is 0 Å². The van der Waals surface area contributed by atoms with Crippen molar-refractivity contribution in [2.24, 2.45) is 0 Å². The van der Waals surface area contributed by atoms with Gasteiger partial charge in [-0.25, -0.2) is 9.97 Å². The molecule has 0 aliphatic rings. The molecule has 0 fully saturated rings. The van der Waals surface area contributed by atoms with Crippen molar-refractivity contribution in [3.05, 3.63) is 81.1 Å². The molecule has 0 unspecified atom stereocenters. The van der Waals surface area contributed by atoms with E-state index in [1.807, 2.05) is 12.1 Å². The Kier molecular flexibility index (Phi) is 5.81. The van der Waals surface area contributed by atoms with Crippen LogP contribution in [0.4, 0.5) is 23.0 Å². The molecule has 0 bridgehead atoms. The highest BCUT2D eigenvalue weighted by Crippen LogP contribution is 2.31. The Labute approximate surface area is 165 Å². The molecule has 2 N–H and O–H groups in total. The van der Waals surface area contributed by atoms with Gasteiger partial charge in [0.15, 0.2) is 5.78 Å². The fraction of sp³-hybridized carbons (Fsp3) is 0.105. The van der Waals surface area contributed by atoms with Gasteiger partial charge in [-0.15, -0.1) is 0 Å². The first-order valence-corrected chi connectivity index (χ1v) is 8.68. The molecular weight excluding hydrogens is 382 g/mol. The third kappa shape index (κ3) is 4.41. The van der Waals surface area contributed by atoms with Crippen molar-refractivity contribution in [2.45, 2.75) is 13.5 Å². The molecule has 0 saturated heterocycles. The number of carbonyl (C=O) groups is 1. The van der Waals surface area contributed by atoms with E-state index < -0.39 is 4.92 Å². The third-order valence-electron chi connectivity index (χ3n) is 3.96. The van der Waals surface area contributed by atoms with Crippen LogP contribution in [0, 0.1) is 10.1 Å². The standard InChI is InChI=1S/C19H16ClN5O3/c1-12(26)13-6-8-15(9-7-13)24-19-17(25(27)28)18(22-11-23-19)21-10-14-4-2-3-5-16(14)20/h2-9,11H,10H2,1H3,(H2,21,22,23,24). The van der Waals surface area contributed by atoms with Gasteiger partial charge in [-0.1, -0.05) is 29.8 Å². The fourth-order valence-corrected chi connectivity index (χ4v) is 2.72. The minimum atomic E-state index is -0.554. The van der Waals surface area contributed by atoms with Crippen molar-refractivity contribution in [3.63, 3.8) is 0 Å². The van der Waals surface area contributed by atoms with Gasteiger partial charge >= 0.3 is 5.69 Å². The number of nitrogens with zero attached hydrogens (tertiary/aromatic N) is 3. The Morgan fingerprint density at radius 2 is 1.79 bits per heavy atom. The number of rotatable bonds is 7. The Bertz CT molecular complexity index is 1020. The molecule has 142 valence electrons. The topological polar surface area (TPSA) is 110 Å². The quantitative estimate of drug-likeness (QED) is 0.340. The Morgan fingerprint density at radius 3 is 2.43 bits per heavy atom. The molecule has 0 spiro atoms. The van der Waals surface area contributed by atoms with E-state index in [1.165, 1.54) is 13.3 Å². The SMILES string of the molecule is CC(=O)c1ccc(Nc2ncnc(NCc3ccccc3Cl)c2[N+](=O)[O-])cc1. The zero-order valence-corrected chi connectivity index (χ0v) is 15.6. The summed E-state index contributed by atoms with van der Waals surface area (Å²) in [4.78, 5) is 30.4. The van der Waals surface area contributed by atoms with E-state index in [-0.39, 0.29) is 29.7 Å². The van der Waals surface area contributed by atoms with Crippen LogP contribution < -0.4 is 10.6 Å². The number of aromatic nitrogens is 2. The van der Waals surface area contributed by atoms with Gasteiger partial charge in [0.25, 0.3) is 0 Å². The van der Waals surface area contributed by atoms with E-state index in [1.54, 1.807) is 36.4 Å². The second-order valence-corrected chi connectivity index (χ2v) is 6.29. The molecule has 9 heteroatoms. The zero-order chi connectivity index (χ0) is 20.1. The lowest BCUT2D eigenvalue weighted by Crippen LogP contribution is -2.08. The molecule has 3 aromatic rings. The number of anilines is 3. The highest BCUT2D eigenvalue weighted by atomic mass is 35.5. The third-order valence-corrected chi connectivity index (χ3v) is 4.33. The monoisotopic (exact) mass is 397 g/mol. The summed E-state index contributed by atoms with van der Waals surface area (Å²) in [5, 5.41) is 18.0. The maximum Gasteiger partial charge on any atom is 0.353 e. The number of Topliss-reactive ketones (excluding diaryl/α,β-unsaturated/α-hetero) is 1. The molecule has 8 nitrogen and oxygen atoms in total. The van der Waals surface area contributed by atoms with Crippen LogP contribution in [0.25, 0.3) is 0 Å². The van der Waals surface area contributed by atoms with Crippen molar-refractivity contribution in [3.8, 4) is 0 Å². The van der Waals surface area contributed by atoms with E-state index in [4.69, 9.17) is 11.6 Å². The molecule has 0 radical (unpaired) electrons. The van der Waals surface area contributed by atoms with Crippen LogP contribution in [-0.2, 0) is 6.54 Å². The maximum atomic E-state index is 11.6. The Hall–Kier alpha value is -3.52. The summed E-state index contributed by atoms with van der Waals surface area (Å²) in [6.07, 6.45) is 1.23. The number of hydrogen-bond donors (Lipinski definition) is 2. The lowest BCUT2D eigenvalue weighted by molar-refractivity contribution is -0.383. The first-order chi connectivity index (χ1) is 13.5. The lowest BCUT2D eigenvalue weighted by Gasteiger charge is -2.11. The van der Waals surface area contributed by atoms with Gasteiger partial charge in [-0.2, -0.15) is 0 Å². The van der Waals surface area contributed by atoms with Gasteiger partial charge in [-0.05, 0) is 42.8 Å². The normalized spacial score (nSPS) is 10.4. The summed E-state index contributed by atoms with van der Waals surface area (Å²) in [5.41, 5.74) is 1.60. The van der Waals surface area contributed by atoms with Crippen molar-refractivity contribution in [1.29, 1.82) is 0 Å². The molecule has 0 aliphatic carbocycles. The summed E-state index contributed by atoms with van der Waals surface area (Å²) >= 11 is 6.12. The smallest absolute Gasteiger partial charge is 0.353 e. The number of benzene rings is 2. The molecule has 0 saturated carbocycles. The summed E-state index contributed by atoms with van der Waals surface area (Å²) in [7, 11) is 0. The average Bonchev–Trinajstić information content (AvgIpc) is 2.67. The number of nitro groups is 1. The molecule has 0 aliphatic heterocycles. The number of hydrogen-bond acceptors (Lipinski definition) is 7. The number of carbonyl (C=O) groups excluding carboxylic acids is 1. The molecule has 1 aromatic heterocycles. The van der Waals surface area contributed by atoms with Crippen molar-refractivity contribution in [1.82, 2.24) is 9.97 Å². The second kappa shape index (κ2) is 8.45. The Balaban J connectivity index is 1.86. The van der Waals surface area contributed by atoms with E-state index in [2.05, 4.69) is 20.6 Å². The van der Waals surface area contributed by atoms with Gasteiger partial charge in [0, 0.05) is 22.8 Å². The van der Waals surface area contributed by atoms with Gasteiger partial charge in [0.2, 0.25) is 11.6 Å². The summed E-state index contributed by atoms with van der Waals surface area (Å²) in [6, 6.07) is 13.8. The van der Waals surface area contributed by atoms with E-state index in [0.29, 0.717) is 16.3 Å². The number of ketones is 1. The van der Waals surface area contributed by atoms with Crippen LogP contribution in [0.5, 0.6) is 0 Å². The van der Waals surface area contributed by atoms with E-state index in [0.717, 1.165) is 5.56 Å². The highest BCUT2D eigenvalue weighted by Gasteiger charge is 2.23.